The second-order valence-electron chi connectivity index (χ2n) is 7.80. The van der Waals surface area contributed by atoms with E-state index in [4.69, 9.17) is 9.73 Å². The van der Waals surface area contributed by atoms with Crippen LogP contribution in [0.2, 0.25) is 0 Å². The molecule has 0 amide bonds. The highest BCUT2D eigenvalue weighted by molar-refractivity contribution is 14.0. The summed E-state index contributed by atoms with van der Waals surface area (Å²) in [6, 6.07) is 0.419. The van der Waals surface area contributed by atoms with Crippen LogP contribution in [0.1, 0.15) is 58.7 Å². The number of hydrogen-bond donors (Lipinski definition) is 2. The van der Waals surface area contributed by atoms with Gasteiger partial charge in [-0.05, 0) is 13.3 Å². The largest absolute Gasteiger partial charge is 0.379 e. The normalized spacial score (nSPS) is 16.2. The first-order valence-electron chi connectivity index (χ1n) is 11.4. The van der Waals surface area contributed by atoms with Crippen LogP contribution in [0, 0.1) is 0 Å². The summed E-state index contributed by atoms with van der Waals surface area (Å²) in [6.45, 7) is 13.7. The van der Waals surface area contributed by atoms with Crippen molar-refractivity contribution in [3.05, 3.63) is 12.2 Å². The van der Waals surface area contributed by atoms with Crippen molar-refractivity contribution in [1.29, 1.82) is 0 Å². The van der Waals surface area contributed by atoms with E-state index in [1.807, 2.05) is 0 Å². The third-order valence-corrected chi connectivity index (χ3v) is 5.32. The van der Waals surface area contributed by atoms with Gasteiger partial charge < -0.3 is 19.9 Å². The lowest BCUT2D eigenvalue weighted by Gasteiger charge is -2.26. The van der Waals surface area contributed by atoms with Crippen LogP contribution in [0.4, 0.5) is 0 Å². The first-order chi connectivity index (χ1) is 14.2. The molecule has 2 N–H and O–H groups in total. The Morgan fingerprint density at radius 3 is 2.73 bits per heavy atom. The van der Waals surface area contributed by atoms with Crippen LogP contribution in [0.25, 0.3) is 0 Å². The van der Waals surface area contributed by atoms with E-state index in [-0.39, 0.29) is 24.0 Å². The Morgan fingerprint density at radius 2 is 2.00 bits per heavy atom. The van der Waals surface area contributed by atoms with Gasteiger partial charge in [0.15, 0.2) is 5.96 Å². The molecule has 2 heterocycles. The number of unbranched alkanes of at least 4 members (excludes halogenated alkanes) is 3. The number of aryl methyl sites for hydroxylation is 1. The van der Waals surface area contributed by atoms with Gasteiger partial charge in [-0.15, -0.1) is 34.2 Å². The van der Waals surface area contributed by atoms with Crippen LogP contribution >= 0.6 is 24.0 Å². The van der Waals surface area contributed by atoms with E-state index in [0.717, 1.165) is 70.7 Å². The predicted molar refractivity (Wildman–Crippen MR) is 134 cm³/mol. The molecule has 0 aromatic carbocycles. The molecule has 1 aromatic heterocycles. The molecular weight excluding hydrogens is 493 g/mol. The van der Waals surface area contributed by atoms with E-state index in [1.165, 1.54) is 32.1 Å². The summed E-state index contributed by atoms with van der Waals surface area (Å²) in [5, 5.41) is 15.3. The average molecular weight is 536 g/mol. The van der Waals surface area contributed by atoms with Crippen LogP contribution in [-0.4, -0.2) is 77.6 Å². The van der Waals surface area contributed by atoms with Crippen LogP contribution in [0.5, 0.6) is 0 Å². The molecule has 30 heavy (non-hydrogen) atoms. The molecule has 1 aliphatic heterocycles. The van der Waals surface area contributed by atoms with Crippen molar-refractivity contribution in [2.24, 2.45) is 4.99 Å². The van der Waals surface area contributed by atoms with Crippen molar-refractivity contribution in [2.45, 2.75) is 71.9 Å². The van der Waals surface area contributed by atoms with Gasteiger partial charge in [0, 0.05) is 45.2 Å². The Labute approximate surface area is 199 Å². The molecule has 0 bridgehead atoms. The Morgan fingerprint density at radius 1 is 1.20 bits per heavy atom. The van der Waals surface area contributed by atoms with Crippen LogP contribution in [0.15, 0.2) is 11.3 Å². The number of hydrogen-bond acceptors (Lipinski definition) is 5. The summed E-state index contributed by atoms with van der Waals surface area (Å²) in [6.07, 6.45) is 9.06. The molecule has 2 rings (SSSR count). The van der Waals surface area contributed by atoms with Gasteiger partial charge in [0.05, 0.1) is 19.8 Å². The summed E-state index contributed by atoms with van der Waals surface area (Å²) in [4.78, 5) is 7.26. The molecule has 8 nitrogen and oxygen atoms in total. The number of nitrogens with zero attached hydrogens (tertiary/aromatic N) is 5. The minimum absolute atomic E-state index is 0. The van der Waals surface area contributed by atoms with Gasteiger partial charge in [-0.3, -0.25) is 9.89 Å². The smallest absolute Gasteiger partial charge is 0.191 e. The number of nitrogens with one attached hydrogen (secondary N) is 2. The lowest BCUT2D eigenvalue weighted by atomic mass is 10.1. The summed E-state index contributed by atoms with van der Waals surface area (Å²) in [5.74, 6) is 1.93. The first kappa shape index (κ1) is 27.1. The van der Waals surface area contributed by atoms with Crippen LogP contribution in [-0.2, 0) is 17.7 Å². The van der Waals surface area contributed by atoms with E-state index in [2.05, 4.69) is 51.1 Å². The second-order valence-corrected chi connectivity index (χ2v) is 7.80. The minimum atomic E-state index is 0. The molecule has 9 heteroatoms. The zero-order valence-electron chi connectivity index (χ0n) is 19.1. The van der Waals surface area contributed by atoms with Gasteiger partial charge in [0.1, 0.15) is 12.2 Å². The molecule has 1 fully saturated rings. The van der Waals surface area contributed by atoms with E-state index < -0.39 is 0 Å². The first-order valence-corrected chi connectivity index (χ1v) is 11.4. The fourth-order valence-corrected chi connectivity index (χ4v) is 3.50. The fraction of sp³-hybridized carbons (Fsp3) is 0.857. The quantitative estimate of drug-likeness (QED) is 0.175. The summed E-state index contributed by atoms with van der Waals surface area (Å²) in [5.41, 5.74) is 0. The maximum absolute atomic E-state index is 5.43. The van der Waals surface area contributed by atoms with Gasteiger partial charge in [0.25, 0.3) is 0 Å². The standard InChI is InChI=1S/C21H41N7O.HI/c1-4-6-7-8-9-19(3)25-21(22-10-12-27-14-16-29-17-15-27)23-11-13-28-18-24-26-20(28)5-2;/h18-19H,4-17H2,1-3H3,(H2,22,23,25);1H. The zero-order chi connectivity index (χ0) is 20.7. The van der Waals surface area contributed by atoms with E-state index in [9.17, 15) is 0 Å². The molecule has 1 saturated heterocycles. The maximum Gasteiger partial charge on any atom is 0.191 e. The lowest BCUT2D eigenvalue weighted by Crippen LogP contribution is -2.44. The van der Waals surface area contributed by atoms with E-state index in [1.54, 1.807) is 6.33 Å². The third kappa shape index (κ3) is 10.9. The molecule has 174 valence electrons. The van der Waals surface area contributed by atoms with Crippen LogP contribution in [0.3, 0.4) is 0 Å². The molecule has 1 aromatic rings. The highest BCUT2D eigenvalue weighted by Crippen LogP contribution is 2.05. The van der Waals surface area contributed by atoms with Gasteiger partial charge >= 0.3 is 0 Å². The Hall–Kier alpha value is -0.940. The summed E-state index contributed by atoms with van der Waals surface area (Å²) >= 11 is 0. The average Bonchev–Trinajstić information content (AvgIpc) is 3.19. The number of morpholine rings is 1. The highest BCUT2D eigenvalue weighted by Gasteiger charge is 2.10. The Bertz CT molecular complexity index is 575. The molecule has 1 unspecified atom stereocenters. The maximum atomic E-state index is 5.43. The Kier molecular flexibility index (Phi) is 15.1. The lowest BCUT2D eigenvalue weighted by molar-refractivity contribution is 0.0394. The summed E-state index contributed by atoms with van der Waals surface area (Å²) in [7, 11) is 0. The molecule has 1 atom stereocenters. The van der Waals surface area contributed by atoms with Gasteiger partial charge in [-0.1, -0.05) is 39.5 Å². The number of aromatic nitrogens is 3. The van der Waals surface area contributed by atoms with Crippen molar-refractivity contribution in [3.8, 4) is 0 Å². The molecule has 0 aliphatic carbocycles. The topological polar surface area (TPSA) is 79.6 Å². The molecule has 1 aliphatic rings. The molecule has 0 radical (unpaired) electrons. The van der Waals surface area contributed by atoms with Gasteiger partial charge in [-0.2, -0.15) is 0 Å². The van der Waals surface area contributed by atoms with E-state index in [0.29, 0.717) is 6.04 Å². The second kappa shape index (κ2) is 16.7. The molecule has 0 spiro atoms. The van der Waals surface area contributed by atoms with E-state index >= 15 is 0 Å². The number of ether oxygens (including phenoxy) is 1. The number of guanidine groups is 1. The predicted octanol–water partition coefficient (Wildman–Crippen LogP) is 2.68. The van der Waals surface area contributed by atoms with Crippen molar-refractivity contribution < 1.29 is 4.74 Å². The Balaban J connectivity index is 0.00000450. The van der Waals surface area contributed by atoms with Crippen molar-refractivity contribution in [2.75, 3.05) is 45.9 Å². The molecular formula is C21H42IN7O. The van der Waals surface area contributed by atoms with Crippen molar-refractivity contribution >= 4 is 29.9 Å². The number of aliphatic imine (C=N–C) groups is 1. The minimum Gasteiger partial charge on any atom is -0.379 e. The third-order valence-electron chi connectivity index (χ3n) is 5.32. The number of halogens is 1. The number of rotatable bonds is 13. The van der Waals surface area contributed by atoms with Crippen molar-refractivity contribution in [3.63, 3.8) is 0 Å². The van der Waals surface area contributed by atoms with Crippen molar-refractivity contribution in [1.82, 2.24) is 30.3 Å². The fourth-order valence-electron chi connectivity index (χ4n) is 3.50. The SMILES string of the molecule is CCCCCCC(C)NC(=NCCN1CCOCC1)NCCn1cnnc1CC.I. The monoisotopic (exact) mass is 535 g/mol. The van der Waals surface area contributed by atoms with Crippen LogP contribution < -0.4 is 10.6 Å². The van der Waals surface area contributed by atoms with Gasteiger partial charge in [0.2, 0.25) is 0 Å². The highest BCUT2D eigenvalue weighted by atomic mass is 127. The summed E-state index contributed by atoms with van der Waals surface area (Å²) < 4.78 is 7.53. The molecule has 0 saturated carbocycles. The van der Waals surface area contributed by atoms with Gasteiger partial charge in [-0.25, -0.2) is 0 Å². The zero-order valence-corrected chi connectivity index (χ0v) is 21.4.